The first-order chi connectivity index (χ1) is 9.58. The molecule has 1 aromatic rings. The molecule has 1 aliphatic carbocycles. The Bertz CT molecular complexity index is 449. The van der Waals surface area contributed by atoms with Crippen molar-refractivity contribution in [2.75, 3.05) is 0 Å². The van der Waals surface area contributed by atoms with Gasteiger partial charge in [-0.05, 0) is 26.7 Å². The van der Waals surface area contributed by atoms with E-state index >= 15 is 0 Å². The van der Waals surface area contributed by atoms with Crippen LogP contribution in [-0.4, -0.2) is 27.8 Å². The molecule has 1 heterocycles. The summed E-state index contributed by atoms with van der Waals surface area (Å²) in [6, 6.07) is 0.206. The lowest BCUT2D eigenvalue weighted by Gasteiger charge is -2.24. The summed E-state index contributed by atoms with van der Waals surface area (Å²) in [7, 11) is 1.93. The fourth-order valence-electron chi connectivity index (χ4n) is 2.65. The van der Waals surface area contributed by atoms with Crippen molar-refractivity contribution in [1.82, 2.24) is 20.4 Å². The Hall–Kier alpha value is -1.36. The minimum atomic E-state index is -0.170. The highest BCUT2D eigenvalue weighted by Gasteiger charge is 2.19. The van der Waals surface area contributed by atoms with Crippen molar-refractivity contribution >= 4 is 5.91 Å². The van der Waals surface area contributed by atoms with E-state index in [1.54, 1.807) is 0 Å². The molecule has 1 aliphatic rings. The monoisotopic (exact) mass is 278 g/mol. The van der Waals surface area contributed by atoms with Crippen LogP contribution >= 0.6 is 0 Å². The molecule has 0 aromatic carbocycles. The minimum absolute atomic E-state index is 0.110. The Morgan fingerprint density at radius 3 is 2.75 bits per heavy atom. The number of hydrogen-bond donors (Lipinski definition) is 2. The number of aryl methyl sites for hydroxylation is 1. The third-order valence-electron chi connectivity index (χ3n) is 4.28. The van der Waals surface area contributed by atoms with Crippen molar-refractivity contribution < 1.29 is 4.79 Å². The summed E-state index contributed by atoms with van der Waals surface area (Å²) < 4.78 is 1.85. The fourth-order valence-corrected chi connectivity index (χ4v) is 2.65. The fraction of sp³-hybridized carbons (Fsp3) is 0.733. The molecule has 1 amide bonds. The standard InChI is InChI=1S/C15H26N4O/c1-11(15(20)18-14-7-5-4-6-8-14)16-9-13-10-17-19(3)12(13)2/h10-11,14,16H,4-9H2,1-3H3,(H,18,20). The highest BCUT2D eigenvalue weighted by Crippen LogP contribution is 2.17. The zero-order valence-corrected chi connectivity index (χ0v) is 12.8. The van der Waals surface area contributed by atoms with Gasteiger partial charge in [-0.25, -0.2) is 0 Å². The van der Waals surface area contributed by atoms with Gasteiger partial charge < -0.3 is 10.6 Å². The summed E-state index contributed by atoms with van der Waals surface area (Å²) in [6.45, 7) is 4.64. The van der Waals surface area contributed by atoms with Gasteiger partial charge in [-0.3, -0.25) is 9.48 Å². The third-order valence-corrected chi connectivity index (χ3v) is 4.28. The SMILES string of the molecule is Cc1c(CNC(C)C(=O)NC2CCCCC2)cnn1C. The van der Waals surface area contributed by atoms with Crippen LogP contribution in [0, 0.1) is 6.92 Å². The van der Waals surface area contributed by atoms with Gasteiger partial charge in [0.25, 0.3) is 0 Å². The first kappa shape index (κ1) is 15.0. The van der Waals surface area contributed by atoms with Crippen LogP contribution < -0.4 is 10.6 Å². The van der Waals surface area contributed by atoms with E-state index in [0.717, 1.165) is 24.1 Å². The second-order valence-corrected chi connectivity index (χ2v) is 5.82. The maximum atomic E-state index is 12.1. The predicted molar refractivity (Wildman–Crippen MR) is 79.3 cm³/mol. The number of nitrogens with zero attached hydrogens (tertiary/aromatic N) is 2. The van der Waals surface area contributed by atoms with Crippen molar-refractivity contribution in [3.8, 4) is 0 Å². The first-order valence-electron chi connectivity index (χ1n) is 7.59. The number of carbonyl (C=O) groups is 1. The van der Waals surface area contributed by atoms with Gasteiger partial charge in [-0.2, -0.15) is 5.10 Å². The zero-order valence-electron chi connectivity index (χ0n) is 12.8. The Kier molecular flexibility index (Phi) is 5.17. The second-order valence-electron chi connectivity index (χ2n) is 5.82. The molecular weight excluding hydrogens is 252 g/mol. The third kappa shape index (κ3) is 3.82. The Morgan fingerprint density at radius 1 is 1.45 bits per heavy atom. The lowest BCUT2D eigenvalue weighted by molar-refractivity contribution is -0.123. The summed E-state index contributed by atoms with van der Waals surface area (Å²) in [5.41, 5.74) is 2.28. The van der Waals surface area contributed by atoms with Gasteiger partial charge >= 0.3 is 0 Å². The molecule has 5 nitrogen and oxygen atoms in total. The predicted octanol–water partition coefficient (Wildman–Crippen LogP) is 1.66. The molecule has 1 fully saturated rings. The summed E-state index contributed by atoms with van der Waals surface area (Å²) in [4.78, 5) is 12.1. The van der Waals surface area contributed by atoms with Crippen LogP contribution in [0.2, 0.25) is 0 Å². The van der Waals surface area contributed by atoms with Gasteiger partial charge in [0.1, 0.15) is 0 Å². The maximum Gasteiger partial charge on any atom is 0.237 e. The van der Waals surface area contributed by atoms with E-state index < -0.39 is 0 Å². The summed E-state index contributed by atoms with van der Waals surface area (Å²) in [5.74, 6) is 0.110. The van der Waals surface area contributed by atoms with Gasteiger partial charge in [0.15, 0.2) is 0 Å². The molecule has 20 heavy (non-hydrogen) atoms. The van der Waals surface area contributed by atoms with Gasteiger partial charge in [-0.15, -0.1) is 0 Å². The second kappa shape index (κ2) is 6.88. The summed E-state index contributed by atoms with van der Waals surface area (Å²) in [6.07, 6.45) is 7.89. The number of aromatic nitrogens is 2. The zero-order chi connectivity index (χ0) is 14.5. The van der Waals surface area contributed by atoms with Crippen molar-refractivity contribution in [3.63, 3.8) is 0 Å². The number of carbonyl (C=O) groups excluding carboxylic acids is 1. The molecule has 112 valence electrons. The van der Waals surface area contributed by atoms with E-state index in [1.807, 2.05) is 31.8 Å². The van der Waals surface area contributed by atoms with Crippen molar-refractivity contribution in [2.24, 2.45) is 7.05 Å². The van der Waals surface area contributed by atoms with Crippen LogP contribution in [0.25, 0.3) is 0 Å². The lowest BCUT2D eigenvalue weighted by Crippen LogP contribution is -2.46. The van der Waals surface area contributed by atoms with Gasteiger partial charge in [0.2, 0.25) is 5.91 Å². The van der Waals surface area contributed by atoms with Crippen LogP contribution in [0.4, 0.5) is 0 Å². The average Bonchev–Trinajstić information content (AvgIpc) is 2.77. The molecule has 1 atom stereocenters. The van der Waals surface area contributed by atoms with Crippen LogP contribution in [0.5, 0.6) is 0 Å². The summed E-state index contributed by atoms with van der Waals surface area (Å²) in [5, 5.41) is 10.6. The molecule has 0 radical (unpaired) electrons. The topological polar surface area (TPSA) is 59.0 Å². The molecule has 5 heteroatoms. The molecule has 2 N–H and O–H groups in total. The van der Waals surface area contributed by atoms with E-state index in [0.29, 0.717) is 12.6 Å². The number of rotatable bonds is 5. The van der Waals surface area contributed by atoms with Gasteiger partial charge in [0, 0.05) is 30.9 Å². The molecule has 0 saturated heterocycles. The molecule has 1 saturated carbocycles. The molecule has 1 aromatic heterocycles. The number of hydrogen-bond acceptors (Lipinski definition) is 3. The molecular formula is C15H26N4O. The quantitative estimate of drug-likeness (QED) is 0.861. The Morgan fingerprint density at radius 2 is 2.15 bits per heavy atom. The minimum Gasteiger partial charge on any atom is -0.352 e. The van der Waals surface area contributed by atoms with E-state index in [2.05, 4.69) is 15.7 Å². The number of nitrogens with one attached hydrogen (secondary N) is 2. The molecule has 0 bridgehead atoms. The average molecular weight is 278 g/mol. The number of amides is 1. The smallest absolute Gasteiger partial charge is 0.237 e. The van der Waals surface area contributed by atoms with Crippen LogP contribution in [0.1, 0.15) is 50.3 Å². The van der Waals surface area contributed by atoms with Crippen molar-refractivity contribution in [2.45, 2.75) is 64.6 Å². The maximum absolute atomic E-state index is 12.1. The highest BCUT2D eigenvalue weighted by molar-refractivity contribution is 5.81. The van der Waals surface area contributed by atoms with Crippen LogP contribution in [0.15, 0.2) is 6.20 Å². The largest absolute Gasteiger partial charge is 0.352 e. The van der Waals surface area contributed by atoms with Crippen LogP contribution in [0.3, 0.4) is 0 Å². The van der Waals surface area contributed by atoms with E-state index in [4.69, 9.17) is 0 Å². The van der Waals surface area contributed by atoms with E-state index in [1.165, 1.54) is 19.3 Å². The lowest BCUT2D eigenvalue weighted by atomic mass is 9.95. The normalized spacial score (nSPS) is 17.9. The molecule has 0 spiro atoms. The Labute approximate surface area is 121 Å². The van der Waals surface area contributed by atoms with E-state index in [-0.39, 0.29) is 11.9 Å². The Balaban J connectivity index is 1.77. The molecule has 1 unspecified atom stereocenters. The summed E-state index contributed by atoms with van der Waals surface area (Å²) >= 11 is 0. The highest BCUT2D eigenvalue weighted by atomic mass is 16.2. The first-order valence-corrected chi connectivity index (χ1v) is 7.59. The van der Waals surface area contributed by atoms with Gasteiger partial charge in [-0.1, -0.05) is 19.3 Å². The van der Waals surface area contributed by atoms with Gasteiger partial charge in [0.05, 0.1) is 12.2 Å². The van der Waals surface area contributed by atoms with Crippen molar-refractivity contribution in [3.05, 3.63) is 17.5 Å². The molecule has 2 rings (SSSR count). The van der Waals surface area contributed by atoms with Crippen LogP contribution in [-0.2, 0) is 18.4 Å². The molecule has 0 aliphatic heterocycles. The van der Waals surface area contributed by atoms with Crippen molar-refractivity contribution in [1.29, 1.82) is 0 Å². The van der Waals surface area contributed by atoms with E-state index in [9.17, 15) is 4.79 Å².